The average Bonchev–Trinajstić information content (AvgIpc) is 2.36. The van der Waals surface area contributed by atoms with E-state index in [0.717, 1.165) is 19.0 Å². The lowest BCUT2D eigenvalue weighted by molar-refractivity contribution is -0.393. The van der Waals surface area contributed by atoms with Gasteiger partial charge in [-0.3, -0.25) is 20.2 Å². The molecule has 1 aliphatic rings. The molecule has 1 aliphatic heterocycles. The molecule has 0 N–H and O–H groups in total. The number of fused-ring (bicyclic) bond motifs is 1. The molecule has 1 aromatic rings. The summed E-state index contributed by atoms with van der Waals surface area (Å²) in [5.41, 5.74) is 0.863. The number of nitrogens with zero attached hydrogens (tertiary/aromatic N) is 3. The molecular weight excluding hydrogens is 238 g/mol. The van der Waals surface area contributed by atoms with Crippen LogP contribution in [0.25, 0.3) is 0 Å². The van der Waals surface area contributed by atoms with Gasteiger partial charge in [-0.1, -0.05) is 0 Å². The van der Waals surface area contributed by atoms with Crippen molar-refractivity contribution in [2.24, 2.45) is 0 Å². The van der Waals surface area contributed by atoms with Gasteiger partial charge in [0, 0.05) is 19.2 Å². The summed E-state index contributed by atoms with van der Waals surface area (Å²) in [6.07, 6.45) is 1.51. The minimum absolute atomic E-state index is 0.166. The van der Waals surface area contributed by atoms with Crippen molar-refractivity contribution < 1.29 is 9.85 Å². The Labute approximate surface area is 103 Å². The molecule has 0 saturated carbocycles. The van der Waals surface area contributed by atoms with Crippen LogP contribution in [0.15, 0.2) is 12.1 Å². The van der Waals surface area contributed by atoms with Gasteiger partial charge in [0.25, 0.3) is 11.4 Å². The van der Waals surface area contributed by atoms with E-state index in [1.807, 2.05) is 11.8 Å². The molecule has 0 saturated heterocycles. The van der Waals surface area contributed by atoms with Crippen molar-refractivity contribution in [3.8, 4) is 0 Å². The summed E-state index contributed by atoms with van der Waals surface area (Å²) in [6.45, 7) is 3.33. The van der Waals surface area contributed by atoms with Crippen LogP contribution in [-0.2, 0) is 6.42 Å². The first kappa shape index (κ1) is 12.3. The molecule has 0 atom stereocenters. The summed E-state index contributed by atoms with van der Waals surface area (Å²) < 4.78 is 0. The monoisotopic (exact) mass is 251 g/mol. The van der Waals surface area contributed by atoms with Gasteiger partial charge in [-0.15, -0.1) is 0 Å². The fourth-order valence-corrected chi connectivity index (χ4v) is 2.35. The van der Waals surface area contributed by atoms with Gasteiger partial charge in [0.05, 0.1) is 15.9 Å². The van der Waals surface area contributed by atoms with Crippen LogP contribution in [0.3, 0.4) is 0 Å². The minimum atomic E-state index is -0.585. The minimum Gasteiger partial charge on any atom is -0.366 e. The van der Waals surface area contributed by atoms with Crippen LogP contribution < -0.4 is 4.90 Å². The molecule has 96 valence electrons. The summed E-state index contributed by atoms with van der Waals surface area (Å²) in [5, 5.41) is 21.8. The van der Waals surface area contributed by atoms with Gasteiger partial charge in [-0.25, -0.2) is 0 Å². The van der Waals surface area contributed by atoms with Crippen molar-refractivity contribution in [3.05, 3.63) is 37.9 Å². The highest BCUT2D eigenvalue weighted by molar-refractivity contribution is 5.72. The smallest absolute Gasteiger partial charge is 0.299 e. The summed E-state index contributed by atoms with van der Waals surface area (Å²) in [5.74, 6) is 0. The second-order valence-electron chi connectivity index (χ2n) is 4.17. The maximum Gasteiger partial charge on any atom is 0.299 e. The highest BCUT2D eigenvalue weighted by Gasteiger charge is 2.29. The number of hydrogen-bond donors (Lipinski definition) is 0. The van der Waals surface area contributed by atoms with Gasteiger partial charge in [0.1, 0.15) is 5.69 Å². The van der Waals surface area contributed by atoms with Crippen molar-refractivity contribution >= 4 is 17.1 Å². The zero-order valence-corrected chi connectivity index (χ0v) is 9.96. The molecule has 7 heteroatoms. The van der Waals surface area contributed by atoms with Crippen molar-refractivity contribution in [2.45, 2.75) is 19.8 Å². The van der Waals surface area contributed by atoms with Crippen LogP contribution in [0, 0.1) is 20.2 Å². The van der Waals surface area contributed by atoms with Crippen LogP contribution in [-0.4, -0.2) is 22.9 Å². The maximum atomic E-state index is 11.1. The second-order valence-corrected chi connectivity index (χ2v) is 4.17. The highest BCUT2D eigenvalue weighted by atomic mass is 16.6. The number of hydrogen-bond acceptors (Lipinski definition) is 5. The van der Waals surface area contributed by atoms with Gasteiger partial charge < -0.3 is 4.90 Å². The predicted octanol–water partition coefficient (Wildman–Crippen LogP) is 2.28. The molecule has 0 unspecified atom stereocenters. The number of rotatable bonds is 3. The molecular formula is C11H13N3O4. The SMILES string of the molecule is CCN1CCCc2cc([N+](=O)[O-])cc([N+](=O)[O-])c21. The van der Waals surface area contributed by atoms with E-state index in [2.05, 4.69) is 0 Å². The Balaban J connectivity index is 2.64. The number of benzene rings is 1. The predicted molar refractivity (Wildman–Crippen MR) is 66.0 cm³/mol. The van der Waals surface area contributed by atoms with E-state index in [9.17, 15) is 20.2 Å². The highest BCUT2D eigenvalue weighted by Crippen LogP contribution is 2.39. The molecule has 1 heterocycles. The lowest BCUT2D eigenvalue weighted by atomic mass is 9.99. The van der Waals surface area contributed by atoms with E-state index in [4.69, 9.17) is 0 Å². The zero-order chi connectivity index (χ0) is 13.3. The van der Waals surface area contributed by atoms with E-state index >= 15 is 0 Å². The Kier molecular flexibility index (Phi) is 3.14. The lowest BCUT2D eigenvalue weighted by Gasteiger charge is -2.29. The van der Waals surface area contributed by atoms with Crippen molar-refractivity contribution in [1.29, 1.82) is 0 Å². The number of aryl methyl sites for hydroxylation is 1. The van der Waals surface area contributed by atoms with Crippen LogP contribution in [0.5, 0.6) is 0 Å². The fraction of sp³-hybridized carbons (Fsp3) is 0.455. The number of anilines is 1. The Hall–Kier alpha value is -2.18. The molecule has 0 fully saturated rings. The third-order valence-corrected chi connectivity index (χ3v) is 3.13. The molecule has 0 radical (unpaired) electrons. The quantitative estimate of drug-likeness (QED) is 0.607. The molecule has 1 aromatic carbocycles. The van der Waals surface area contributed by atoms with Gasteiger partial charge in [-0.2, -0.15) is 0 Å². The van der Waals surface area contributed by atoms with Crippen LogP contribution in [0.2, 0.25) is 0 Å². The topological polar surface area (TPSA) is 89.5 Å². The van der Waals surface area contributed by atoms with E-state index < -0.39 is 9.85 Å². The van der Waals surface area contributed by atoms with Crippen molar-refractivity contribution in [3.63, 3.8) is 0 Å². The van der Waals surface area contributed by atoms with Gasteiger partial charge in [0.2, 0.25) is 0 Å². The average molecular weight is 251 g/mol. The third kappa shape index (κ3) is 1.99. The molecule has 0 bridgehead atoms. The third-order valence-electron chi connectivity index (χ3n) is 3.13. The first-order valence-corrected chi connectivity index (χ1v) is 5.75. The summed E-state index contributed by atoms with van der Waals surface area (Å²) in [6, 6.07) is 2.50. The largest absolute Gasteiger partial charge is 0.366 e. The summed E-state index contributed by atoms with van der Waals surface area (Å²) in [7, 11) is 0. The first-order chi connectivity index (χ1) is 8.54. The lowest BCUT2D eigenvalue weighted by Crippen LogP contribution is -2.29. The van der Waals surface area contributed by atoms with Gasteiger partial charge >= 0.3 is 0 Å². The van der Waals surface area contributed by atoms with Crippen LogP contribution in [0.1, 0.15) is 18.9 Å². The Morgan fingerprint density at radius 2 is 2.00 bits per heavy atom. The molecule has 18 heavy (non-hydrogen) atoms. The molecule has 0 aliphatic carbocycles. The van der Waals surface area contributed by atoms with Crippen molar-refractivity contribution in [2.75, 3.05) is 18.0 Å². The van der Waals surface area contributed by atoms with E-state index in [-0.39, 0.29) is 11.4 Å². The molecule has 2 rings (SSSR count). The van der Waals surface area contributed by atoms with E-state index in [0.29, 0.717) is 24.2 Å². The summed E-state index contributed by atoms with van der Waals surface area (Å²) in [4.78, 5) is 22.6. The summed E-state index contributed by atoms with van der Waals surface area (Å²) >= 11 is 0. The number of nitro benzene ring substituents is 2. The normalized spacial score (nSPS) is 14.2. The molecule has 0 aromatic heterocycles. The zero-order valence-electron chi connectivity index (χ0n) is 9.96. The fourth-order valence-electron chi connectivity index (χ4n) is 2.35. The van der Waals surface area contributed by atoms with Crippen molar-refractivity contribution in [1.82, 2.24) is 0 Å². The van der Waals surface area contributed by atoms with Crippen LogP contribution >= 0.6 is 0 Å². The Morgan fingerprint density at radius 1 is 1.28 bits per heavy atom. The standard InChI is InChI=1S/C11H13N3O4/c1-2-12-5-3-4-8-6-9(13(15)16)7-10(11(8)12)14(17)18/h6-7H,2-5H2,1H3. The molecule has 7 nitrogen and oxygen atoms in total. The Morgan fingerprint density at radius 3 is 2.56 bits per heavy atom. The van der Waals surface area contributed by atoms with E-state index in [1.165, 1.54) is 6.07 Å². The van der Waals surface area contributed by atoms with E-state index in [1.54, 1.807) is 0 Å². The van der Waals surface area contributed by atoms with Crippen LogP contribution in [0.4, 0.5) is 17.1 Å². The maximum absolute atomic E-state index is 11.1. The van der Waals surface area contributed by atoms with Gasteiger partial charge in [0.15, 0.2) is 0 Å². The number of nitro groups is 2. The first-order valence-electron chi connectivity index (χ1n) is 5.75. The number of non-ortho nitro benzene ring substituents is 1. The molecule has 0 amide bonds. The Bertz CT molecular complexity index is 515. The molecule has 0 spiro atoms. The van der Waals surface area contributed by atoms with Gasteiger partial charge in [-0.05, 0) is 25.3 Å². The second kappa shape index (κ2) is 4.59.